The first kappa shape index (κ1) is 11.4. The average molecular weight is 219 g/mol. The Labute approximate surface area is 97.7 Å². The molecule has 1 aliphatic carbocycles. The van der Waals surface area contributed by atoms with Gasteiger partial charge >= 0.3 is 0 Å². The molecule has 3 nitrogen and oxygen atoms in total. The van der Waals surface area contributed by atoms with E-state index >= 15 is 0 Å². The highest BCUT2D eigenvalue weighted by molar-refractivity contribution is 5.30. The van der Waals surface area contributed by atoms with Gasteiger partial charge in [-0.05, 0) is 44.6 Å². The van der Waals surface area contributed by atoms with Gasteiger partial charge in [0.15, 0.2) is 0 Å². The van der Waals surface area contributed by atoms with Crippen molar-refractivity contribution in [2.75, 3.05) is 5.32 Å². The summed E-state index contributed by atoms with van der Waals surface area (Å²) in [5, 5.41) is 3.42. The standard InChI is InChI=1S/C13H21N3/c1-8(2)12-7-9(3)14-13(16-12)15-10(4)11-5-6-11/h7-8,10-11H,5-6H2,1-4H3,(H,14,15,16). The molecule has 3 heteroatoms. The van der Waals surface area contributed by atoms with Crippen LogP contribution in [0.15, 0.2) is 6.07 Å². The van der Waals surface area contributed by atoms with E-state index in [0.29, 0.717) is 12.0 Å². The third kappa shape index (κ3) is 2.71. The number of aryl methyl sites for hydroxylation is 1. The molecule has 0 amide bonds. The minimum absolute atomic E-state index is 0.457. The Bertz CT molecular complexity index is 369. The minimum atomic E-state index is 0.457. The number of hydrogen-bond acceptors (Lipinski definition) is 3. The van der Waals surface area contributed by atoms with Crippen molar-refractivity contribution in [1.82, 2.24) is 9.97 Å². The number of nitrogens with zero attached hydrogens (tertiary/aromatic N) is 2. The second-order valence-corrected chi connectivity index (χ2v) is 5.18. The summed E-state index contributed by atoms with van der Waals surface area (Å²) < 4.78 is 0. The number of nitrogens with one attached hydrogen (secondary N) is 1. The Morgan fingerprint density at radius 2 is 1.94 bits per heavy atom. The number of aromatic nitrogens is 2. The summed E-state index contributed by atoms with van der Waals surface area (Å²) in [6.07, 6.45) is 2.69. The maximum Gasteiger partial charge on any atom is 0.223 e. The first-order valence-corrected chi connectivity index (χ1v) is 6.18. The summed E-state index contributed by atoms with van der Waals surface area (Å²) in [5.74, 6) is 2.08. The van der Waals surface area contributed by atoms with Gasteiger partial charge in [-0.1, -0.05) is 13.8 Å². The maximum atomic E-state index is 4.56. The first-order chi connectivity index (χ1) is 7.56. The second kappa shape index (κ2) is 4.40. The first-order valence-electron chi connectivity index (χ1n) is 6.18. The Balaban J connectivity index is 2.13. The van der Waals surface area contributed by atoms with Gasteiger partial charge in [0.1, 0.15) is 0 Å². The van der Waals surface area contributed by atoms with Crippen LogP contribution in [0, 0.1) is 12.8 Å². The third-order valence-electron chi connectivity index (χ3n) is 3.15. The zero-order valence-electron chi connectivity index (χ0n) is 10.6. The van der Waals surface area contributed by atoms with Crippen molar-refractivity contribution in [2.45, 2.75) is 52.5 Å². The number of hydrogen-bond donors (Lipinski definition) is 1. The highest BCUT2D eigenvalue weighted by atomic mass is 15.1. The Morgan fingerprint density at radius 1 is 1.25 bits per heavy atom. The number of anilines is 1. The predicted octanol–water partition coefficient (Wildman–Crippen LogP) is 3.12. The van der Waals surface area contributed by atoms with Gasteiger partial charge < -0.3 is 5.32 Å². The maximum absolute atomic E-state index is 4.56. The fourth-order valence-corrected chi connectivity index (χ4v) is 1.87. The van der Waals surface area contributed by atoms with Gasteiger partial charge in [-0.3, -0.25) is 0 Å². The lowest BCUT2D eigenvalue weighted by atomic mass is 10.1. The summed E-state index contributed by atoms with van der Waals surface area (Å²) in [6.45, 7) is 8.57. The summed E-state index contributed by atoms with van der Waals surface area (Å²) in [5.41, 5.74) is 2.17. The van der Waals surface area contributed by atoms with E-state index in [1.807, 2.05) is 6.92 Å². The SMILES string of the molecule is Cc1cc(C(C)C)nc(NC(C)C2CC2)n1. The van der Waals surface area contributed by atoms with Crippen LogP contribution in [0.2, 0.25) is 0 Å². The predicted molar refractivity (Wildman–Crippen MR) is 66.7 cm³/mol. The molecule has 0 spiro atoms. The third-order valence-corrected chi connectivity index (χ3v) is 3.15. The monoisotopic (exact) mass is 219 g/mol. The molecule has 0 bridgehead atoms. The van der Waals surface area contributed by atoms with Crippen molar-refractivity contribution in [3.8, 4) is 0 Å². The minimum Gasteiger partial charge on any atom is -0.351 e. The molecule has 1 fully saturated rings. The molecule has 1 heterocycles. The van der Waals surface area contributed by atoms with Crippen LogP contribution in [0.4, 0.5) is 5.95 Å². The lowest BCUT2D eigenvalue weighted by molar-refractivity contribution is 0.682. The van der Waals surface area contributed by atoms with Crippen LogP contribution in [0.3, 0.4) is 0 Å². The largest absolute Gasteiger partial charge is 0.351 e. The topological polar surface area (TPSA) is 37.8 Å². The lowest BCUT2D eigenvalue weighted by Gasteiger charge is -2.14. The normalized spacial score (nSPS) is 17.6. The van der Waals surface area contributed by atoms with Gasteiger partial charge in [-0.15, -0.1) is 0 Å². The quantitative estimate of drug-likeness (QED) is 0.845. The van der Waals surface area contributed by atoms with Crippen molar-refractivity contribution in [1.29, 1.82) is 0 Å². The fraction of sp³-hybridized carbons (Fsp3) is 0.692. The van der Waals surface area contributed by atoms with E-state index in [1.54, 1.807) is 0 Å². The molecule has 16 heavy (non-hydrogen) atoms. The molecule has 88 valence electrons. The lowest BCUT2D eigenvalue weighted by Crippen LogP contribution is -2.19. The molecule has 1 aromatic rings. The molecular formula is C13H21N3. The zero-order valence-corrected chi connectivity index (χ0v) is 10.6. The Hall–Kier alpha value is -1.12. The molecule has 2 rings (SSSR count). The summed E-state index contributed by atoms with van der Waals surface area (Å²) in [7, 11) is 0. The molecule has 1 unspecified atom stereocenters. The molecule has 0 aromatic carbocycles. The summed E-state index contributed by atoms with van der Waals surface area (Å²) in [6, 6.07) is 2.57. The molecule has 0 radical (unpaired) electrons. The van der Waals surface area contributed by atoms with Gasteiger partial charge in [-0.25, -0.2) is 9.97 Å². The summed E-state index contributed by atoms with van der Waals surface area (Å²) in [4.78, 5) is 9.01. The van der Waals surface area contributed by atoms with Crippen molar-refractivity contribution >= 4 is 5.95 Å². The van der Waals surface area contributed by atoms with Crippen LogP contribution in [0.1, 0.15) is 50.9 Å². The van der Waals surface area contributed by atoms with Crippen molar-refractivity contribution in [2.24, 2.45) is 5.92 Å². The molecule has 1 saturated carbocycles. The molecule has 1 N–H and O–H groups in total. The van der Waals surface area contributed by atoms with Crippen LogP contribution in [-0.2, 0) is 0 Å². The van der Waals surface area contributed by atoms with E-state index in [0.717, 1.165) is 23.3 Å². The van der Waals surface area contributed by atoms with Gasteiger partial charge in [0, 0.05) is 17.4 Å². The van der Waals surface area contributed by atoms with E-state index in [-0.39, 0.29) is 0 Å². The van der Waals surface area contributed by atoms with Crippen LogP contribution in [0.5, 0.6) is 0 Å². The molecule has 0 aliphatic heterocycles. The van der Waals surface area contributed by atoms with E-state index in [2.05, 4.69) is 42.1 Å². The fourth-order valence-electron chi connectivity index (χ4n) is 1.87. The van der Waals surface area contributed by atoms with Gasteiger partial charge in [-0.2, -0.15) is 0 Å². The number of rotatable bonds is 4. The molecule has 1 aromatic heterocycles. The highest BCUT2D eigenvalue weighted by Gasteiger charge is 2.28. The second-order valence-electron chi connectivity index (χ2n) is 5.18. The highest BCUT2D eigenvalue weighted by Crippen LogP contribution is 2.33. The van der Waals surface area contributed by atoms with E-state index in [9.17, 15) is 0 Å². The smallest absolute Gasteiger partial charge is 0.223 e. The Morgan fingerprint density at radius 3 is 2.50 bits per heavy atom. The van der Waals surface area contributed by atoms with Gasteiger partial charge in [0.05, 0.1) is 0 Å². The van der Waals surface area contributed by atoms with Crippen molar-refractivity contribution in [3.63, 3.8) is 0 Å². The Kier molecular flexibility index (Phi) is 3.13. The van der Waals surface area contributed by atoms with Crippen LogP contribution in [0.25, 0.3) is 0 Å². The average Bonchev–Trinajstić information content (AvgIpc) is 2.99. The summed E-state index contributed by atoms with van der Waals surface area (Å²) >= 11 is 0. The van der Waals surface area contributed by atoms with Crippen molar-refractivity contribution < 1.29 is 0 Å². The molecular weight excluding hydrogens is 198 g/mol. The van der Waals surface area contributed by atoms with E-state index < -0.39 is 0 Å². The van der Waals surface area contributed by atoms with E-state index in [4.69, 9.17) is 0 Å². The van der Waals surface area contributed by atoms with Gasteiger partial charge in [0.25, 0.3) is 0 Å². The molecule has 1 atom stereocenters. The molecule has 1 aliphatic rings. The van der Waals surface area contributed by atoms with Gasteiger partial charge in [0.2, 0.25) is 5.95 Å². The molecule has 0 saturated heterocycles. The van der Waals surface area contributed by atoms with E-state index in [1.165, 1.54) is 12.8 Å². The van der Waals surface area contributed by atoms with Crippen LogP contribution in [-0.4, -0.2) is 16.0 Å². The van der Waals surface area contributed by atoms with Crippen molar-refractivity contribution in [3.05, 3.63) is 17.5 Å². The van der Waals surface area contributed by atoms with Crippen LogP contribution >= 0.6 is 0 Å². The zero-order chi connectivity index (χ0) is 11.7. The van der Waals surface area contributed by atoms with Crippen LogP contribution < -0.4 is 5.32 Å².